The van der Waals surface area contributed by atoms with Gasteiger partial charge in [-0.3, -0.25) is 37.3 Å². The molecule has 0 amide bonds. The summed E-state index contributed by atoms with van der Waals surface area (Å²) >= 11 is 0. The normalized spacial score (nSPS) is 14.3. The van der Waals surface area contributed by atoms with E-state index >= 15 is 0 Å². The molecule has 0 rings (SSSR count). The molecule has 0 aliphatic carbocycles. The summed E-state index contributed by atoms with van der Waals surface area (Å²) in [5.74, 6) is -2.19. The van der Waals surface area contributed by atoms with Crippen molar-refractivity contribution in [3.05, 3.63) is 85.1 Å². The highest BCUT2D eigenvalue weighted by Crippen LogP contribution is 2.45. The molecule has 0 saturated carbocycles. The van der Waals surface area contributed by atoms with E-state index in [1.54, 1.807) is 0 Å². The summed E-state index contributed by atoms with van der Waals surface area (Å²) in [7, 11) is -9.95. The monoisotopic (exact) mass is 1480 g/mol. The summed E-state index contributed by atoms with van der Waals surface area (Å²) in [5, 5.41) is 10.6. The first-order valence-electron chi connectivity index (χ1n) is 40.8. The number of hydrogen-bond donors (Lipinski definition) is 3. The van der Waals surface area contributed by atoms with Crippen LogP contribution in [0.1, 0.15) is 362 Å². The van der Waals surface area contributed by atoms with Crippen molar-refractivity contribution in [3.8, 4) is 0 Å². The van der Waals surface area contributed by atoms with Crippen LogP contribution in [0.2, 0.25) is 0 Å². The first-order valence-corrected chi connectivity index (χ1v) is 43.8. The van der Waals surface area contributed by atoms with Gasteiger partial charge in [0.25, 0.3) is 0 Å². The van der Waals surface area contributed by atoms with Crippen LogP contribution in [-0.4, -0.2) is 96.7 Å². The van der Waals surface area contributed by atoms with Crippen molar-refractivity contribution in [2.45, 2.75) is 380 Å². The van der Waals surface area contributed by atoms with Crippen LogP contribution in [0.25, 0.3) is 0 Å². The lowest BCUT2D eigenvalue weighted by molar-refractivity contribution is -0.161. The Bertz CT molecular complexity index is 2260. The zero-order valence-electron chi connectivity index (χ0n) is 64.8. The van der Waals surface area contributed by atoms with Crippen LogP contribution in [0, 0.1) is 0 Å². The van der Waals surface area contributed by atoms with Gasteiger partial charge in [-0.25, -0.2) is 9.13 Å². The van der Waals surface area contributed by atoms with Gasteiger partial charge in [-0.05, 0) is 122 Å². The SMILES string of the molecule is CC/C=C\C/C=C\C/C=C\C/C=C\CCCCCCCCC(=O)OCC(COP(=O)(O)OCC(O)COP(=O)(O)OCC(COC(=O)CCCCCCC/C=C\C/C=C\CCCCC)OC(=O)CCCCCCC/C=C\CCCCCCCC)OC(=O)CCCCCCCCCCCCCCC. The molecular weight excluding hydrogens is 1330 g/mol. The fraction of sp³-hybridized carbons (Fsp3) is 0.783. The maximum absolute atomic E-state index is 13.1. The van der Waals surface area contributed by atoms with Crippen molar-refractivity contribution in [2.24, 2.45) is 0 Å². The Morgan fingerprint density at radius 1 is 0.284 bits per heavy atom. The Morgan fingerprint density at radius 2 is 0.510 bits per heavy atom. The third-order valence-corrected chi connectivity index (χ3v) is 19.2. The number of carbonyl (C=O) groups is 4. The minimum atomic E-state index is -4.98. The average Bonchev–Trinajstić information content (AvgIpc) is 0.908. The fourth-order valence-electron chi connectivity index (χ4n) is 11.1. The van der Waals surface area contributed by atoms with Gasteiger partial charge >= 0.3 is 39.5 Å². The minimum Gasteiger partial charge on any atom is -0.462 e. The van der Waals surface area contributed by atoms with Crippen molar-refractivity contribution in [3.63, 3.8) is 0 Å². The topological polar surface area (TPSA) is 237 Å². The van der Waals surface area contributed by atoms with Gasteiger partial charge in [0.05, 0.1) is 26.4 Å². The van der Waals surface area contributed by atoms with Crippen molar-refractivity contribution in [1.29, 1.82) is 0 Å². The molecule has 0 radical (unpaired) electrons. The molecule has 0 saturated heterocycles. The number of aliphatic hydroxyl groups excluding tert-OH is 1. The van der Waals surface area contributed by atoms with E-state index in [9.17, 15) is 43.2 Å². The number of rotatable bonds is 77. The molecule has 0 aromatic heterocycles. The number of ether oxygens (including phenoxy) is 4. The quantitative estimate of drug-likeness (QED) is 0.0169. The molecule has 17 nitrogen and oxygen atoms in total. The standard InChI is InChI=1S/C83H148O17P2/c1-5-9-13-17-21-25-29-33-36-37-38-39-42-45-48-52-56-60-64-68-81(86)94-73-78(99-82(87)69-65-61-57-53-49-43-32-28-24-20-16-12-8-4)75-97-101(89,90)95-71-77(84)72-96-102(91,92)98-76-79(100-83(88)70-66-62-58-54-50-46-41-35-31-27-23-19-15-11-7-3)74-93-80(85)67-63-59-55-51-47-44-40-34-30-26-22-18-14-10-6-2/h9,13,21-22,25-26,33-36,38-41,77-79,84H,5-8,10-12,14-20,23-24,27-32,37,42-76H2,1-4H3,(H,89,90)(H,91,92)/b13-9-,25-21-,26-22-,36-33-,39-38-,40-34-,41-35-. The molecule has 592 valence electrons. The predicted octanol–water partition coefficient (Wildman–Crippen LogP) is 23.8. The number of esters is 4. The zero-order valence-corrected chi connectivity index (χ0v) is 66.6. The van der Waals surface area contributed by atoms with Crippen molar-refractivity contribution in [2.75, 3.05) is 39.6 Å². The molecule has 0 aromatic rings. The maximum Gasteiger partial charge on any atom is 0.472 e. The minimum absolute atomic E-state index is 0.0845. The highest BCUT2D eigenvalue weighted by Gasteiger charge is 2.30. The molecule has 0 spiro atoms. The summed E-state index contributed by atoms with van der Waals surface area (Å²) in [4.78, 5) is 73.0. The molecule has 3 N–H and O–H groups in total. The van der Waals surface area contributed by atoms with Crippen molar-refractivity contribution < 1.29 is 80.2 Å². The summed E-state index contributed by atoms with van der Waals surface area (Å²) in [6, 6.07) is 0. The largest absolute Gasteiger partial charge is 0.472 e. The van der Waals surface area contributed by atoms with Gasteiger partial charge in [0.15, 0.2) is 12.2 Å². The fourth-order valence-corrected chi connectivity index (χ4v) is 12.7. The lowest BCUT2D eigenvalue weighted by Gasteiger charge is -2.21. The van der Waals surface area contributed by atoms with Gasteiger partial charge in [-0.2, -0.15) is 0 Å². The Kier molecular flexibility index (Phi) is 72.7. The molecule has 5 atom stereocenters. The van der Waals surface area contributed by atoms with E-state index in [0.29, 0.717) is 25.7 Å². The van der Waals surface area contributed by atoms with Crippen molar-refractivity contribution in [1.82, 2.24) is 0 Å². The van der Waals surface area contributed by atoms with Crippen LogP contribution in [0.4, 0.5) is 0 Å². The van der Waals surface area contributed by atoms with Gasteiger partial charge in [0.1, 0.15) is 19.3 Å². The van der Waals surface area contributed by atoms with Crippen LogP contribution in [0.15, 0.2) is 85.1 Å². The average molecular weight is 1480 g/mol. The van der Waals surface area contributed by atoms with Crippen molar-refractivity contribution >= 4 is 39.5 Å². The second kappa shape index (κ2) is 75.5. The molecule has 5 unspecified atom stereocenters. The molecule has 0 aromatic carbocycles. The Morgan fingerprint density at radius 3 is 0.814 bits per heavy atom. The molecule has 0 bridgehead atoms. The molecule has 0 fully saturated rings. The lowest BCUT2D eigenvalue weighted by Crippen LogP contribution is -2.30. The van der Waals surface area contributed by atoms with E-state index < -0.39 is 97.5 Å². The molecular formula is C83H148O17P2. The predicted molar refractivity (Wildman–Crippen MR) is 418 cm³/mol. The first-order chi connectivity index (χ1) is 49.7. The molecule has 102 heavy (non-hydrogen) atoms. The second-order valence-electron chi connectivity index (χ2n) is 27.3. The number of allylic oxidation sites excluding steroid dienone is 14. The molecule has 0 aliphatic heterocycles. The van der Waals surface area contributed by atoms with Gasteiger partial charge in [-0.1, -0.05) is 299 Å². The number of phosphoric acid groups is 2. The highest BCUT2D eigenvalue weighted by atomic mass is 31.2. The summed E-state index contributed by atoms with van der Waals surface area (Å²) < 4.78 is 68.6. The lowest BCUT2D eigenvalue weighted by atomic mass is 10.0. The van der Waals surface area contributed by atoms with Crippen LogP contribution in [0.5, 0.6) is 0 Å². The van der Waals surface area contributed by atoms with Gasteiger partial charge in [0, 0.05) is 25.7 Å². The van der Waals surface area contributed by atoms with Gasteiger partial charge < -0.3 is 33.8 Å². The van der Waals surface area contributed by atoms with Gasteiger partial charge in [0.2, 0.25) is 0 Å². The van der Waals surface area contributed by atoms with Crippen LogP contribution in [-0.2, 0) is 65.4 Å². The summed E-state index contributed by atoms with van der Waals surface area (Å²) in [5.41, 5.74) is 0. The third kappa shape index (κ3) is 74.5. The highest BCUT2D eigenvalue weighted by molar-refractivity contribution is 7.47. The Labute approximate surface area is 621 Å². The number of unbranched alkanes of at least 4 members (excludes halogenated alkanes) is 37. The van der Waals surface area contributed by atoms with Gasteiger partial charge in [-0.15, -0.1) is 0 Å². The van der Waals surface area contributed by atoms with E-state index in [0.717, 1.165) is 173 Å². The van der Waals surface area contributed by atoms with Crippen LogP contribution < -0.4 is 0 Å². The Balaban J connectivity index is 5.34. The first kappa shape index (κ1) is 98.2. The van der Waals surface area contributed by atoms with E-state index in [-0.39, 0.29) is 25.7 Å². The Hall–Kier alpha value is -3.76. The van der Waals surface area contributed by atoms with Crippen LogP contribution >= 0.6 is 15.6 Å². The smallest absolute Gasteiger partial charge is 0.462 e. The molecule has 0 heterocycles. The van der Waals surface area contributed by atoms with E-state index in [2.05, 4.69) is 113 Å². The zero-order chi connectivity index (χ0) is 74.6. The molecule has 0 aliphatic rings. The number of aliphatic hydroxyl groups is 1. The summed E-state index contributed by atoms with van der Waals surface area (Å²) in [6.45, 7) is 4.75. The molecule has 19 heteroatoms. The number of phosphoric ester groups is 2. The summed E-state index contributed by atoms with van der Waals surface area (Å²) in [6.07, 6.45) is 78.3. The second-order valence-corrected chi connectivity index (χ2v) is 30.2. The number of carbonyl (C=O) groups excluding carboxylic acids is 4. The van der Waals surface area contributed by atoms with Crippen LogP contribution in [0.3, 0.4) is 0 Å². The maximum atomic E-state index is 13.1. The van der Waals surface area contributed by atoms with E-state index in [1.807, 2.05) is 0 Å². The number of hydrogen-bond acceptors (Lipinski definition) is 15. The van der Waals surface area contributed by atoms with E-state index in [4.69, 9.17) is 37.0 Å². The van der Waals surface area contributed by atoms with E-state index in [1.165, 1.54) is 109 Å². The third-order valence-electron chi connectivity index (χ3n) is 17.3.